The van der Waals surface area contributed by atoms with Crippen LogP contribution in [0.4, 0.5) is 0 Å². The quantitative estimate of drug-likeness (QED) is 0.394. The van der Waals surface area contributed by atoms with Gasteiger partial charge in [0.15, 0.2) is 5.78 Å². The number of ketones is 1. The molecule has 1 aromatic rings. The Hall–Kier alpha value is -2.93. The van der Waals surface area contributed by atoms with Gasteiger partial charge >= 0.3 is 5.97 Å². The summed E-state index contributed by atoms with van der Waals surface area (Å²) in [6.45, 7) is 7.56. The van der Waals surface area contributed by atoms with E-state index in [1.165, 1.54) is 7.11 Å². The number of allylic oxidation sites excluding steroid dienone is 4. The van der Waals surface area contributed by atoms with Gasteiger partial charge in [0.2, 0.25) is 5.91 Å². The second-order valence-corrected chi connectivity index (χ2v) is 12.5. The van der Waals surface area contributed by atoms with Crippen molar-refractivity contribution in [1.82, 2.24) is 5.32 Å². The van der Waals surface area contributed by atoms with Gasteiger partial charge in [-0.15, -0.1) is 0 Å². The molecule has 0 radical (unpaired) electrons. The van der Waals surface area contributed by atoms with E-state index in [1.54, 1.807) is 36.4 Å². The number of aliphatic hydroxyl groups is 1. The van der Waals surface area contributed by atoms with E-state index in [4.69, 9.17) is 9.47 Å². The molecule has 3 fully saturated rings. The van der Waals surface area contributed by atoms with Crippen LogP contribution in [0.2, 0.25) is 0 Å². The Morgan fingerprint density at radius 1 is 1.18 bits per heavy atom. The highest BCUT2D eigenvalue weighted by Crippen LogP contribution is 2.67. The second-order valence-electron chi connectivity index (χ2n) is 12.5. The maximum atomic E-state index is 13.5. The molecule has 0 aliphatic heterocycles. The molecule has 5 rings (SSSR count). The van der Waals surface area contributed by atoms with Gasteiger partial charge in [-0.05, 0) is 91.7 Å². The maximum Gasteiger partial charge on any atom is 0.337 e. The normalized spacial score (nSPS) is 36.7. The second kappa shape index (κ2) is 10.6. The Kier molecular flexibility index (Phi) is 7.49. The summed E-state index contributed by atoms with van der Waals surface area (Å²) in [5.74, 6) is 1.28. The Balaban J connectivity index is 1.19. The van der Waals surface area contributed by atoms with Crippen LogP contribution >= 0.6 is 0 Å². The summed E-state index contributed by atoms with van der Waals surface area (Å²) >= 11 is 0. The third kappa shape index (κ3) is 4.83. The van der Waals surface area contributed by atoms with E-state index < -0.39 is 6.10 Å². The molecule has 4 aliphatic carbocycles. The van der Waals surface area contributed by atoms with Crippen LogP contribution in [0.15, 0.2) is 48.1 Å². The maximum absolute atomic E-state index is 13.5. The lowest BCUT2D eigenvalue weighted by molar-refractivity contribution is -0.142. The number of aliphatic hydroxyl groups excluding tert-OH is 1. The molecule has 4 aliphatic rings. The predicted octanol–water partition coefficient (Wildman–Crippen LogP) is 4.50. The fourth-order valence-electron chi connectivity index (χ4n) is 8.64. The Morgan fingerprint density at radius 2 is 1.92 bits per heavy atom. The van der Waals surface area contributed by atoms with E-state index in [0.29, 0.717) is 49.1 Å². The summed E-state index contributed by atoms with van der Waals surface area (Å²) in [4.78, 5) is 37.2. The van der Waals surface area contributed by atoms with Gasteiger partial charge in [-0.2, -0.15) is 0 Å². The zero-order valence-corrected chi connectivity index (χ0v) is 23.4. The number of carbonyl (C=O) groups excluding carboxylic acids is 3. The molecule has 8 atom stereocenters. The van der Waals surface area contributed by atoms with E-state index in [1.807, 2.05) is 6.08 Å². The summed E-state index contributed by atoms with van der Waals surface area (Å²) in [6.07, 6.45) is 9.08. The van der Waals surface area contributed by atoms with Crippen molar-refractivity contribution in [3.8, 4) is 5.75 Å². The molecule has 0 bridgehead atoms. The van der Waals surface area contributed by atoms with Gasteiger partial charge in [0.05, 0.1) is 25.4 Å². The van der Waals surface area contributed by atoms with Crippen LogP contribution in [0.1, 0.15) is 63.2 Å². The van der Waals surface area contributed by atoms with Crippen molar-refractivity contribution in [3.63, 3.8) is 0 Å². The standard InChI is InChI=1S/C32H41NO6/c1-19-16-25-24-11-8-21-17-22(34)12-13-31(21,2)28(24)26(35)18-32(25,3)27(19)29(36)33-14-5-15-39-23-9-6-20(7-10-23)30(37)38-4/h6-7,9-10,12-13,17,19,24-28,35H,5,8,11,14-16,18H2,1-4H3,(H,33,36)/t19-,24+,25?,26+,27-,28?,31+,32+/m1/s1. The molecule has 7 heteroatoms. The van der Waals surface area contributed by atoms with E-state index in [-0.39, 0.29) is 46.2 Å². The number of nitrogens with one attached hydrogen (secondary N) is 1. The Morgan fingerprint density at radius 3 is 2.64 bits per heavy atom. The number of ether oxygens (including phenoxy) is 2. The molecule has 0 saturated heterocycles. The van der Waals surface area contributed by atoms with E-state index in [0.717, 1.165) is 24.8 Å². The van der Waals surface area contributed by atoms with Crippen LogP contribution < -0.4 is 10.1 Å². The van der Waals surface area contributed by atoms with Gasteiger partial charge < -0.3 is 19.9 Å². The monoisotopic (exact) mass is 535 g/mol. The molecular formula is C32H41NO6. The predicted molar refractivity (Wildman–Crippen MR) is 147 cm³/mol. The number of fused-ring (bicyclic) bond motifs is 5. The largest absolute Gasteiger partial charge is 0.494 e. The van der Waals surface area contributed by atoms with Gasteiger partial charge in [-0.3, -0.25) is 9.59 Å². The first-order chi connectivity index (χ1) is 18.6. The van der Waals surface area contributed by atoms with Gasteiger partial charge in [0, 0.05) is 23.8 Å². The van der Waals surface area contributed by atoms with Crippen LogP contribution in [0.5, 0.6) is 5.75 Å². The van der Waals surface area contributed by atoms with Crippen LogP contribution in [-0.2, 0) is 14.3 Å². The van der Waals surface area contributed by atoms with Crippen LogP contribution in [0.25, 0.3) is 0 Å². The molecule has 1 amide bonds. The minimum absolute atomic E-state index is 0.0455. The summed E-state index contributed by atoms with van der Waals surface area (Å²) in [7, 11) is 1.35. The smallest absolute Gasteiger partial charge is 0.337 e. The number of benzene rings is 1. The average Bonchev–Trinajstić information content (AvgIpc) is 3.17. The van der Waals surface area contributed by atoms with Gasteiger partial charge in [0.25, 0.3) is 0 Å². The number of methoxy groups -OCH3 is 1. The van der Waals surface area contributed by atoms with Crippen molar-refractivity contribution < 1.29 is 29.0 Å². The lowest BCUT2D eigenvalue weighted by Gasteiger charge is -2.58. The first-order valence-electron chi connectivity index (χ1n) is 14.3. The van der Waals surface area contributed by atoms with Gasteiger partial charge in [-0.1, -0.05) is 32.4 Å². The van der Waals surface area contributed by atoms with E-state index in [2.05, 4.69) is 26.1 Å². The fraction of sp³-hybridized carbons (Fsp3) is 0.594. The lowest BCUT2D eigenvalue weighted by Crippen LogP contribution is -2.57. The highest BCUT2D eigenvalue weighted by atomic mass is 16.5. The molecule has 0 spiro atoms. The average molecular weight is 536 g/mol. The number of rotatable bonds is 7. The Labute approximate surface area is 231 Å². The number of amides is 1. The molecule has 39 heavy (non-hydrogen) atoms. The highest BCUT2D eigenvalue weighted by molar-refractivity contribution is 6.01. The number of hydrogen-bond donors (Lipinski definition) is 2. The minimum atomic E-state index is -0.512. The van der Waals surface area contributed by atoms with Crippen LogP contribution in [-0.4, -0.2) is 49.1 Å². The molecule has 7 nitrogen and oxygen atoms in total. The topological polar surface area (TPSA) is 102 Å². The first-order valence-corrected chi connectivity index (χ1v) is 14.3. The summed E-state index contributed by atoms with van der Waals surface area (Å²) < 4.78 is 10.5. The van der Waals surface area contributed by atoms with Crippen molar-refractivity contribution in [2.24, 2.45) is 40.4 Å². The number of esters is 1. The third-order valence-corrected chi connectivity index (χ3v) is 10.3. The van der Waals surface area contributed by atoms with E-state index >= 15 is 0 Å². The van der Waals surface area contributed by atoms with Crippen molar-refractivity contribution in [3.05, 3.63) is 53.6 Å². The number of carbonyl (C=O) groups is 3. The summed E-state index contributed by atoms with van der Waals surface area (Å²) in [5.41, 5.74) is 1.08. The molecule has 2 unspecified atom stereocenters. The van der Waals surface area contributed by atoms with Crippen molar-refractivity contribution in [2.75, 3.05) is 20.3 Å². The molecular weight excluding hydrogens is 494 g/mol. The lowest BCUT2D eigenvalue weighted by atomic mass is 9.47. The molecule has 0 heterocycles. The third-order valence-electron chi connectivity index (χ3n) is 10.3. The molecule has 1 aromatic carbocycles. The fourth-order valence-corrected chi connectivity index (χ4v) is 8.64. The Bertz CT molecular complexity index is 1190. The van der Waals surface area contributed by atoms with Crippen molar-refractivity contribution in [1.29, 1.82) is 0 Å². The molecule has 3 saturated carbocycles. The number of hydrogen-bond acceptors (Lipinski definition) is 6. The van der Waals surface area contributed by atoms with Crippen molar-refractivity contribution in [2.45, 2.75) is 59.0 Å². The highest BCUT2D eigenvalue weighted by Gasteiger charge is 2.64. The minimum Gasteiger partial charge on any atom is -0.494 e. The zero-order chi connectivity index (χ0) is 27.9. The summed E-state index contributed by atoms with van der Waals surface area (Å²) in [5, 5.41) is 14.7. The summed E-state index contributed by atoms with van der Waals surface area (Å²) in [6, 6.07) is 6.80. The zero-order valence-electron chi connectivity index (χ0n) is 23.4. The first kappa shape index (κ1) is 27.6. The SMILES string of the molecule is COC(=O)c1ccc(OCCCNC(=O)[C@H]2[C@H](C)CC3[C@@H]4CCC5=CC(=O)C=C[C@]5(C)C4[C@@H](O)C[C@@]32C)cc1. The van der Waals surface area contributed by atoms with Gasteiger partial charge in [-0.25, -0.2) is 4.79 Å². The van der Waals surface area contributed by atoms with Gasteiger partial charge in [0.1, 0.15) is 5.75 Å². The molecule has 2 N–H and O–H groups in total. The van der Waals surface area contributed by atoms with Crippen LogP contribution in [0, 0.1) is 40.4 Å². The van der Waals surface area contributed by atoms with Crippen LogP contribution in [0.3, 0.4) is 0 Å². The molecule has 0 aromatic heterocycles. The molecule has 210 valence electrons. The van der Waals surface area contributed by atoms with E-state index in [9.17, 15) is 19.5 Å². The van der Waals surface area contributed by atoms with Crippen molar-refractivity contribution >= 4 is 17.7 Å².